The molecule has 3 rings (SSSR count). The molecule has 1 saturated heterocycles. The molecule has 2 aromatic rings. The quantitative estimate of drug-likeness (QED) is 0.607. The molecule has 2 N–H and O–H groups in total. The van der Waals surface area contributed by atoms with Gasteiger partial charge in [-0.1, -0.05) is 19.1 Å². The fourth-order valence-electron chi connectivity index (χ4n) is 3.74. The highest BCUT2D eigenvalue weighted by molar-refractivity contribution is 7.10. The Morgan fingerprint density at radius 3 is 2.87 bits per heavy atom. The third-order valence-corrected chi connectivity index (χ3v) is 6.53. The summed E-state index contributed by atoms with van der Waals surface area (Å²) in [5, 5.41) is 8.66. The Morgan fingerprint density at radius 1 is 1.27 bits per heavy atom. The van der Waals surface area contributed by atoms with E-state index in [1.807, 2.05) is 36.2 Å². The van der Waals surface area contributed by atoms with Crippen LogP contribution in [0.1, 0.15) is 30.7 Å². The van der Waals surface area contributed by atoms with Gasteiger partial charge in [0.25, 0.3) is 0 Å². The molecule has 0 bridgehead atoms. The monoisotopic (exact) mass is 430 g/mol. The Balaban J connectivity index is 1.73. The minimum absolute atomic E-state index is 0.00293. The van der Waals surface area contributed by atoms with E-state index in [-0.39, 0.29) is 18.1 Å². The number of ether oxygens (including phenoxy) is 1. The summed E-state index contributed by atoms with van der Waals surface area (Å²) in [7, 11) is 4.06. The molecule has 1 aliphatic rings. The summed E-state index contributed by atoms with van der Waals surface area (Å²) < 4.78 is 6.37. The molecule has 6 nitrogen and oxygen atoms in total. The largest absolute Gasteiger partial charge is 0.485 e. The number of hydrogen-bond acceptors (Lipinski definition) is 6. The molecule has 30 heavy (non-hydrogen) atoms. The molecule has 1 amide bonds. The van der Waals surface area contributed by atoms with Crippen LogP contribution in [0.2, 0.25) is 0 Å². The highest BCUT2D eigenvalue weighted by Crippen LogP contribution is 2.30. The molecule has 2 atom stereocenters. The lowest BCUT2D eigenvalue weighted by Crippen LogP contribution is -2.40. The fraction of sp³-hybridized carbons (Fsp3) is 0.522. The van der Waals surface area contributed by atoms with Crippen LogP contribution in [0.5, 0.6) is 5.75 Å². The third kappa shape index (κ3) is 6.04. The van der Waals surface area contributed by atoms with E-state index in [1.165, 1.54) is 4.88 Å². The number of nitrogens with one attached hydrogen (secondary N) is 2. The second-order valence-electron chi connectivity index (χ2n) is 7.70. The SMILES string of the molecule is CCNC[C@H]1CC(=O)N(c2cccc(OC(CCNC)c3cccs3)c2)CCN1C. The Morgan fingerprint density at radius 2 is 2.13 bits per heavy atom. The molecule has 0 saturated carbocycles. The molecule has 1 aromatic carbocycles. The number of carbonyl (C=O) groups excluding carboxylic acids is 1. The van der Waals surface area contributed by atoms with Crippen LogP contribution in [-0.4, -0.2) is 63.7 Å². The average Bonchev–Trinajstić information content (AvgIpc) is 3.24. The summed E-state index contributed by atoms with van der Waals surface area (Å²) in [5.74, 6) is 0.973. The van der Waals surface area contributed by atoms with Crippen LogP contribution >= 0.6 is 11.3 Å². The summed E-state index contributed by atoms with van der Waals surface area (Å²) in [4.78, 5) is 18.4. The van der Waals surface area contributed by atoms with Crippen molar-refractivity contribution < 1.29 is 9.53 Å². The molecule has 1 aromatic heterocycles. The number of hydrogen-bond donors (Lipinski definition) is 2. The zero-order chi connectivity index (χ0) is 21.3. The lowest BCUT2D eigenvalue weighted by atomic mass is 10.1. The van der Waals surface area contributed by atoms with Gasteiger partial charge in [-0.15, -0.1) is 11.3 Å². The topological polar surface area (TPSA) is 56.8 Å². The van der Waals surface area contributed by atoms with E-state index >= 15 is 0 Å². The summed E-state index contributed by atoms with van der Waals surface area (Å²) in [6.45, 7) is 6.27. The summed E-state index contributed by atoms with van der Waals surface area (Å²) in [6.07, 6.45) is 1.41. The number of likely N-dealkylation sites (N-methyl/N-ethyl adjacent to an activating group) is 2. The van der Waals surface area contributed by atoms with Crippen molar-refractivity contribution in [2.24, 2.45) is 0 Å². The van der Waals surface area contributed by atoms with Crippen molar-refractivity contribution in [3.05, 3.63) is 46.7 Å². The average molecular weight is 431 g/mol. The van der Waals surface area contributed by atoms with Gasteiger partial charge in [-0.2, -0.15) is 0 Å². The van der Waals surface area contributed by atoms with E-state index < -0.39 is 0 Å². The fourth-order valence-corrected chi connectivity index (χ4v) is 4.53. The summed E-state index contributed by atoms with van der Waals surface area (Å²) in [5.41, 5.74) is 0.911. The number of thiophene rings is 1. The molecule has 0 radical (unpaired) electrons. The summed E-state index contributed by atoms with van der Waals surface area (Å²) in [6, 6.07) is 12.4. The maximum absolute atomic E-state index is 13.0. The first-order chi connectivity index (χ1) is 14.6. The van der Waals surface area contributed by atoms with Gasteiger partial charge in [0.15, 0.2) is 0 Å². The normalized spacial score (nSPS) is 19.0. The molecule has 1 aliphatic heterocycles. The molecule has 0 aliphatic carbocycles. The smallest absolute Gasteiger partial charge is 0.228 e. The van der Waals surface area contributed by atoms with Gasteiger partial charge in [0, 0.05) is 55.1 Å². The minimum Gasteiger partial charge on any atom is -0.485 e. The molecule has 0 spiro atoms. The van der Waals surface area contributed by atoms with Gasteiger partial charge in [-0.25, -0.2) is 0 Å². The van der Waals surface area contributed by atoms with Gasteiger partial charge in [0.2, 0.25) is 5.91 Å². The van der Waals surface area contributed by atoms with E-state index in [2.05, 4.69) is 47.0 Å². The van der Waals surface area contributed by atoms with Crippen molar-refractivity contribution in [1.29, 1.82) is 0 Å². The van der Waals surface area contributed by atoms with Crippen LogP contribution in [0, 0.1) is 0 Å². The number of anilines is 1. The van der Waals surface area contributed by atoms with Crippen molar-refractivity contribution >= 4 is 22.9 Å². The Labute approximate surface area is 184 Å². The second kappa shape index (κ2) is 11.5. The first kappa shape index (κ1) is 22.7. The third-order valence-electron chi connectivity index (χ3n) is 5.57. The first-order valence-corrected chi connectivity index (χ1v) is 11.7. The van der Waals surface area contributed by atoms with Gasteiger partial charge >= 0.3 is 0 Å². The number of benzene rings is 1. The van der Waals surface area contributed by atoms with Crippen molar-refractivity contribution in [2.45, 2.75) is 31.9 Å². The molecule has 1 unspecified atom stereocenters. The van der Waals surface area contributed by atoms with Gasteiger partial charge in [0.1, 0.15) is 11.9 Å². The predicted octanol–water partition coefficient (Wildman–Crippen LogP) is 3.12. The Kier molecular flexibility index (Phi) is 8.69. The summed E-state index contributed by atoms with van der Waals surface area (Å²) >= 11 is 1.71. The van der Waals surface area contributed by atoms with Crippen molar-refractivity contribution in [1.82, 2.24) is 15.5 Å². The van der Waals surface area contributed by atoms with Crippen LogP contribution in [0.25, 0.3) is 0 Å². The zero-order valence-corrected chi connectivity index (χ0v) is 19.1. The molecule has 164 valence electrons. The van der Waals surface area contributed by atoms with Crippen LogP contribution in [0.4, 0.5) is 5.69 Å². The maximum Gasteiger partial charge on any atom is 0.228 e. The molecule has 7 heteroatoms. The lowest BCUT2D eigenvalue weighted by molar-refractivity contribution is -0.119. The molecular weight excluding hydrogens is 396 g/mol. The van der Waals surface area contributed by atoms with Gasteiger partial charge in [-0.3, -0.25) is 9.69 Å². The van der Waals surface area contributed by atoms with Crippen molar-refractivity contribution in [3.8, 4) is 5.75 Å². The standard InChI is InChI=1S/C23H34N4O2S/c1-4-25-17-19-16-23(28)27(13-12-26(19)3)18-7-5-8-20(15-18)29-21(10-11-24-2)22-9-6-14-30-22/h5-9,14-15,19,21,24-25H,4,10-13,16-17H2,1-3H3/t19-,21?/m1/s1. The zero-order valence-electron chi connectivity index (χ0n) is 18.3. The first-order valence-electron chi connectivity index (χ1n) is 10.8. The highest BCUT2D eigenvalue weighted by atomic mass is 32.1. The van der Waals surface area contributed by atoms with E-state index in [4.69, 9.17) is 4.74 Å². The number of carbonyl (C=O) groups is 1. The number of nitrogens with zero attached hydrogens (tertiary/aromatic N) is 2. The molecule has 2 heterocycles. The molecular formula is C23H34N4O2S. The Bertz CT molecular complexity index is 783. The number of amides is 1. The molecule has 1 fully saturated rings. The van der Waals surface area contributed by atoms with Gasteiger partial charge < -0.3 is 20.3 Å². The van der Waals surface area contributed by atoms with Gasteiger partial charge in [-0.05, 0) is 50.8 Å². The minimum atomic E-state index is 0.00293. The highest BCUT2D eigenvalue weighted by Gasteiger charge is 2.27. The predicted molar refractivity (Wildman–Crippen MR) is 125 cm³/mol. The van der Waals surface area contributed by atoms with Crippen LogP contribution < -0.4 is 20.3 Å². The van der Waals surface area contributed by atoms with Crippen LogP contribution in [0.15, 0.2) is 41.8 Å². The van der Waals surface area contributed by atoms with E-state index in [0.717, 1.165) is 44.0 Å². The van der Waals surface area contributed by atoms with E-state index in [0.29, 0.717) is 13.0 Å². The van der Waals surface area contributed by atoms with Crippen LogP contribution in [-0.2, 0) is 4.79 Å². The Hall–Kier alpha value is -1.93. The maximum atomic E-state index is 13.0. The number of rotatable bonds is 10. The second-order valence-corrected chi connectivity index (χ2v) is 8.68. The van der Waals surface area contributed by atoms with E-state index in [9.17, 15) is 4.79 Å². The van der Waals surface area contributed by atoms with Gasteiger partial charge in [0.05, 0.1) is 0 Å². The van der Waals surface area contributed by atoms with E-state index in [1.54, 1.807) is 11.3 Å². The van der Waals surface area contributed by atoms with Crippen molar-refractivity contribution in [2.75, 3.05) is 51.7 Å². The van der Waals surface area contributed by atoms with Crippen molar-refractivity contribution in [3.63, 3.8) is 0 Å². The van der Waals surface area contributed by atoms with Crippen LogP contribution in [0.3, 0.4) is 0 Å². The lowest BCUT2D eigenvalue weighted by Gasteiger charge is -2.24.